The number of nitrogens with zero attached hydrogens (tertiary/aromatic N) is 5. The first-order valence-electron chi connectivity index (χ1n) is 6.05. The third-order valence-corrected chi connectivity index (χ3v) is 2.74. The van der Waals surface area contributed by atoms with Gasteiger partial charge < -0.3 is 0 Å². The second kappa shape index (κ2) is 5.44. The van der Waals surface area contributed by atoms with Crippen molar-refractivity contribution in [1.29, 1.82) is 0 Å². The maximum Gasteiger partial charge on any atom is 0.133 e. The molecule has 2 aromatic rings. The minimum absolute atomic E-state index is 0.234. The van der Waals surface area contributed by atoms with Crippen LogP contribution in [0.5, 0.6) is 0 Å². The van der Waals surface area contributed by atoms with Crippen LogP contribution in [0.1, 0.15) is 38.9 Å². The van der Waals surface area contributed by atoms with Crippen molar-refractivity contribution in [2.24, 2.45) is 0 Å². The lowest BCUT2D eigenvalue weighted by Gasteiger charge is -2.08. The van der Waals surface area contributed by atoms with Crippen LogP contribution in [0, 0.1) is 0 Å². The molecule has 0 spiro atoms. The topological polar surface area (TPSA) is 56.5 Å². The van der Waals surface area contributed by atoms with Crippen molar-refractivity contribution >= 4 is 11.6 Å². The summed E-state index contributed by atoms with van der Waals surface area (Å²) >= 11 is 6.04. The fourth-order valence-corrected chi connectivity index (χ4v) is 1.85. The molecule has 0 unspecified atom stereocenters. The van der Waals surface area contributed by atoms with Crippen molar-refractivity contribution in [3.63, 3.8) is 0 Å². The van der Waals surface area contributed by atoms with Gasteiger partial charge in [-0.2, -0.15) is 0 Å². The molecule has 0 N–H and O–H groups in total. The summed E-state index contributed by atoms with van der Waals surface area (Å²) in [5.74, 6) is 0.972. The van der Waals surface area contributed by atoms with Crippen LogP contribution >= 0.6 is 11.6 Å². The lowest BCUT2D eigenvalue weighted by atomic mass is 10.2. The molecule has 0 atom stereocenters. The van der Waals surface area contributed by atoms with Gasteiger partial charge in [-0.1, -0.05) is 37.6 Å². The van der Waals surface area contributed by atoms with Gasteiger partial charge in [0.05, 0.1) is 11.9 Å². The summed E-state index contributed by atoms with van der Waals surface area (Å²) < 4.78 is 1.84. The van der Waals surface area contributed by atoms with Crippen LogP contribution in [0.15, 0.2) is 12.3 Å². The van der Waals surface area contributed by atoms with Crippen molar-refractivity contribution in [2.75, 3.05) is 0 Å². The number of halogens is 1. The summed E-state index contributed by atoms with van der Waals surface area (Å²) in [5.41, 5.74) is 1.65. The Bertz CT molecular complexity index is 535. The van der Waals surface area contributed by atoms with Crippen LogP contribution in [-0.2, 0) is 6.54 Å². The van der Waals surface area contributed by atoms with Gasteiger partial charge in [0.2, 0.25) is 0 Å². The van der Waals surface area contributed by atoms with Gasteiger partial charge in [0.15, 0.2) is 0 Å². The highest BCUT2D eigenvalue weighted by Crippen LogP contribution is 2.21. The number of rotatable bonds is 4. The van der Waals surface area contributed by atoms with E-state index in [-0.39, 0.29) is 5.92 Å². The molecule has 0 radical (unpaired) electrons. The molecule has 0 aromatic carbocycles. The first-order chi connectivity index (χ1) is 8.61. The number of hydrogen-bond donors (Lipinski definition) is 0. The molecule has 0 fully saturated rings. The highest BCUT2D eigenvalue weighted by atomic mass is 35.5. The van der Waals surface area contributed by atoms with Crippen molar-refractivity contribution in [1.82, 2.24) is 25.0 Å². The quantitative estimate of drug-likeness (QED) is 0.798. The maximum atomic E-state index is 6.04. The van der Waals surface area contributed by atoms with Crippen LogP contribution in [-0.4, -0.2) is 25.0 Å². The highest BCUT2D eigenvalue weighted by Gasteiger charge is 2.12. The smallest absolute Gasteiger partial charge is 0.133 e. The molecule has 2 rings (SSSR count). The van der Waals surface area contributed by atoms with Gasteiger partial charge in [-0.05, 0) is 6.42 Å². The molecule has 6 heteroatoms. The molecule has 5 nitrogen and oxygen atoms in total. The number of hydrogen-bond acceptors (Lipinski definition) is 4. The summed E-state index contributed by atoms with van der Waals surface area (Å²) in [6, 6.07) is 1.75. The third kappa shape index (κ3) is 2.67. The van der Waals surface area contributed by atoms with Crippen LogP contribution in [0.25, 0.3) is 11.4 Å². The lowest BCUT2D eigenvalue weighted by Crippen LogP contribution is -2.05. The van der Waals surface area contributed by atoms with E-state index in [1.54, 1.807) is 12.3 Å². The Hall–Kier alpha value is -1.49. The average molecular weight is 266 g/mol. The van der Waals surface area contributed by atoms with Crippen molar-refractivity contribution in [2.45, 2.75) is 39.7 Å². The Morgan fingerprint density at radius 1 is 1.33 bits per heavy atom. The predicted molar refractivity (Wildman–Crippen MR) is 70.4 cm³/mol. The molecule has 0 amide bonds. The van der Waals surface area contributed by atoms with E-state index < -0.39 is 0 Å². The molecular formula is C12H16ClN5. The van der Waals surface area contributed by atoms with E-state index in [0.717, 1.165) is 30.2 Å². The maximum absolute atomic E-state index is 6.04. The zero-order chi connectivity index (χ0) is 13.1. The Morgan fingerprint density at radius 2 is 2.11 bits per heavy atom. The standard InChI is InChI=1S/C12H16ClN5/c1-4-5-18-10(7-14-17-18)9-6-11(13)16-12(15-9)8(2)3/h6-8H,4-5H2,1-3H3. The van der Waals surface area contributed by atoms with E-state index in [9.17, 15) is 0 Å². The normalized spacial score (nSPS) is 11.2. The van der Waals surface area contributed by atoms with Crippen molar-refractivity contribution in [3.05, 3.63) is 23.2 Å². The molecule has 0 saturated carbocycles. The largest absolute Gasteiger partial charge is 0.243 e. The average Bonchev–Trinajstić information content (AvgIpc) is 2.77. The Kier molecular flexibility index (Phi) is 3.91. The lowest BCUT2D eigenvalue weighted by molar-refractivity contribution is 0.583. The summed E-state index contributed by atoms with van der Waals surface area (Å²) in [6.45, 7) is 6.99. The Morgan fingerprint density at radius 3 is 2.78 bits per heavy atom. The van der Waals surface area contributed by atoms with Gasteiger partial charge in [0.1, 0.15) is 16.7 Å². The van der Waals surface area contributed by atoms with Gasteiger partial charge in [0, 0.05) is 18.5 Å². The SMILES string of the molecule is CCCn1nncc1-c1cc(Cl)nc(C(C)C)n1. The predicted octanol–water partition coefficient (Wildman–Crippen LogP) is 2.92. The molecule has 0 aliphatic rings. The zero-order valence-corrected chi connectivity index (χ0v) is 11.5. The molecule has 96 valence electrons. The van der Waals surface area contributed by atoms with E-state index in [0.29, 0.717) is 5.15 Å². The van der Waals surface area contributed by atoms with Crippen molar-refractivity contribution in [3.8, 4) is 11.4 Å². The molecule has 0 saturated heterocycles. The molecule has 18 heavy (non-hydrogen) atoms. The van der Waals surface area contributed by atoms with Gasteiger partial charge in [-0.25, -0.2) is 14.6 Å². The fraction of sp³-hybridized carbons (Fsp3) is 0.500. The summed E-state index contributed by atoms with van der Waals surface area (Å²) in [4.78, 5) is 8.75. The summed E-state index contributed by atoms with van der Waals surface area (Å²) in [6.07, 6.45) is 2.70. The molecule has 0 aliphatic carbocycles. The van der Waals surface area contributed by atoms with E-state index >= 15 is 0 Å². The van der Waals surface area contributed by atoms with Gasteiger partial charge in [-0.3, -0.25) is 0 Å². The number of aryl methyl sites for hydroxylation is 1. The second-order valence-corrected chi connectivity index (χ2v) is 4.82. The van der Waals surface area contributed by atoms with E-state index in [2.05, 4.69) is 27.2 Å². The van der Waals surface area contributed by atoms with Gasteiger partial charge >= 0.3 is 0 Å². The first-order valence-corrected chi connectivity index (χ1v) is 6.43. The van der Waals surface area contributed by atoms with E-state index in [1.807, 2.05) is 18.5 Å². The van der Waals surface area contributed by atoms with Gasteiger partial charge in [0.25, 0.3) is 0 Å². The minimum atomic E-state index is 0.234. The molecular weight excluding hydrogens is 250 g/mol. The molecule has 0 aliphatic heterocycles. The summed E-state index contributed by atoms with van der Waals surface area (Å²) in [5, 5.41) is 8.43. The molecule has 2 heterocycles. The third-order valence-electron chi connectivity index (χ3n) is 2.54. The van der Waals surface area contributed by atoms with Gasteiger partial charge in [-0.15, -0.1) is 5.10 Å². The summed E-state index contributed by atoms with van der Waals surface area (Å²) in [7, 11) is 0. The number of aromatic nitrogens is 5. The second-order valence-electron chi connectivity index (χ2n) is 4.43. The zero-order valence-electron chi connectivity index (χ0n) is 10.8. The molecule has 0 bridgehead atoms. The van der Waals surface area contributed by atoms with Crippen molar-refractivity contribution < 1.29 is 0 Å². The fourth-order valence-electron chi connectivity index (χ4n) is 1.66. The van der Waals surface area contributed by atoms with Crippen LogP contribution in [0.3, 0.4) is 0 Å². The van der Waals surface area contributed by atoms with Crippen LogP contribution < -0.4 is 0 Å². The van der Waals surface area contributed by atoms with Crippen LogP contribution in [0.2, 0.25) is 5.15 Å². The van der Waals surface area contributed by atoms with E-state index in [4.69, 9.17) is 11.6 Å². The monoisotopic (exact) mass is 265 g/mol. The first kappa shape index (κ1) is 13.0. The minimum Gasteiger partial charge on any atom is -0.243 e. The highest BCUT2D eigenvalue weighted by molar-refractivity contribution is 6.29. The Labute approximate surface area is 111 Å². The van der Waals surface area contributed by atoms with E-state index in [1.165, 1.54) is 0 Å². The molecule has 2 aromatic heterocycles. The van der Waals surface area contributed by atoms with Crippen LogP contribution in [0.4, 0.5) is 0 Å². The Balaban J connectivity index is 2.46.